The lowest BCUT2D eigenvalue weighted by atomic mass is 10.1. The maximum atomic E-state index is 12.3. The monoisotopic (exact) mass is 512 g/mol. The van der Waals surface area contributed by atoms with Gasteiger partial charge < -0.3 is 19.1 Å². The van der Waals surface area contributed by atoms with Crippen molar-refractivity contribution in [3.8, 4) is 17.5 Å². The Morgan fingerprint density at radius 1 is 1.11 bits per heavy atom. The van der Waals surface area contributed by atoms with Gasteiger partial charge in [0.2, 0.25) is 11.8 Å². The zero-order chi connectivity index (χ0) is 25.9. The first-order chi connectivity index (χ1) is 17.1. The van der Waals surface area contributed by atoms with Crippen LogP contribution in [0, 0.1) is 6.92 Å². The molecule has 3 amide bonds. The topological polar surface area (TPSA) is 120 Å². The van der Waals surface area contributed by atoms with Crippen LogP contribution in [0.4, 0.5) is 9.59 Å². The summed E-state index contributed by atoms with van der Waals surface area (Å²) in [5.74, 6) is 0.958. The molecule has 3 heterocycles. The van der Waals surface area contributed by atoms with E-state index in [9.17, 15) is 14.4 Å². The zero-order valence-corrected chi connectivity index (χ0v) is 21.4. The number of aromatic nitrogens is 2. The maximum Gasteiger partial charge on any atom is 0.410 e. The Bertz CT molecular complexity index is 1180. The number of ether oxygens (including phenoxy) is 3. The highest BCUT2D eigenvalue weighted by molar-refractivity contribution is 8.18. The Balaban J connectivity index is 1.35. The summed E-state index contributed by atoms with van der Waals surface area (Å²) in [6, 6.07) is 7.07. The average Bonchev–Trinajstić information content (AvgIpc) is 3.13. The van der Waals surface area contributed by atoms with Crippen molar-refractivity contribution in [2.45, 2.75) is 52.2 Å². The van der Waals surface area contributed by atoms with Crippen molar-refractivity contribution in [1.82, 2.24) is 20.2 Å². The molecule has 0 bridgehead atoms. The molecule has 10 nitrogen and oxygen atoms in total. The molecule has 2 saturated heterocycles. The van der Waals surface area contributed by atoms with E-state index in [0.717, 1.165) is 17.3 Å². The van der Waals surface area contributed by atoms with Gasteiger partial charge in [-0.2, -0.15) is 0 Å². The molecule has 0 spiro atoms. The average molecular weight is 513 g/mol. The summed E-state index contributed by atoms with van der Waals surface area (Å²) in [5, 5.41) is 1.85. The molecule has 1 aromatic heterocycles. The third kappa shape index (κ3) is 6.54. The predicted molar refractivity (Wildman–Crippen MR) is 134 cm³/mol. The van der Waals surface area contributed by atoms with E-state index in [0.29, 0.717) is 53.9 Å². The van der Waals surface area contributed by atoms with E-state index < -0.39 is 11.5 Å². The first kappa shape index (κ1) is 25.5. The number of piperidine rings is 1. The van der Waals surface area contributed by atoms with Crippen LogP contribution in [0.3, 0.4) is 0 Å². The van der Waals surface area contributed by atoms with Crippen molar-refractivity contribution >= 4 is 35.1 Å². The summed E-state index contributed by atoms with van der Waals surface area (Å²) in [5.41, 5.74) is 0.897. The molecule has 11 heteroatoms. The van der Waals surface area contributed by atoms with Gasteiger partial charge in [-0.3, -0.25) is 14.9 Å². The lowest BCUT2D eigenvalue weighted by Crippen LogP contribution is -2.44. The first-order valence-corrected chi connectivity index (χ1v) is 12.4. The molecular formula is C25H28N4O6S. The Morgan fingerprint density at radius 2 is 1.78 bits per heavy atom. The third-order valence-electron chi connectivity index (χ3n) is 5.40. The molecule has 1 aromatic carbocycles. The fourth-order valence-electron chi connectivity index (χ4n) is 3.60. The zero-order valence-electron chi connectivity index (χ0n) is 20.6. The van der Waals surface area contributed by atoms with Crippen molar-refractivity contribution in [2.75, 3.05) is 13.1 Å². The number of hydrogen-bond acceptors (Lipinski definition) is 9. The highest BCUT2D eigenvalue weighted by Gasteiger charge is 2.28. The van der Waals surface area contributed by atoms with Crippen LogP contribution >= 0.6 is 11.8 Å². The molecule has 4 rings (SSSR count). The molecular weight excluding hydrogens is 484 g/mol. The number of carbonyl (C=O) groups is 3. The summed E-state index contributed by atoms with van der Waals surface area (Å²) >= 11 is 0.870. The van der Waals surface area contributed by atoms with E-state index in [2.05, 4.69) is 15.3 Å². The molecule has 0 unspecified atom stereocenters. The van der Waals surface area contributed by atoms with Crippen LogP contribution < -0.4 is 14.8 Å². The minimum absolute atomic E-state index is 0.0880. The Morgan fingerprint density at radius 3 is 2.39 bits per heavy atom. The second kappa shape index (κ2) is 10.6. The summed E-state index contributed by atoms with van der Waals surface area (Å²) in [6.45, 7) is 8.47. The Labute approximate surface area is 213 Å². The predicted octanol–water partition coefficient (Wildman–Crippen LogP) is 4.68. The lowest BCUT2D eigenvalue weighted by Gasteiger charge is -2.33. The number of imide groups is 1. The Hall–Kier alpha value is -3.60. The third-order valence-corrected chi connectivity index (χ3v) is 6.21. The molecule has 0 aliphatic carbocycles. The van der Waals surface area contributed by atoms with Gasteiger partial charge in [0.05, 0.1) is 10.5 Å². The molecule has 1 N–H and O–H groups in total. The number of carbonyl (C=O) groups excluding carboxylic acids is 3. The van der Waals surface area contributed by atoms with Gasteiger partial charge >= 0.3 is 6.09 Å². The fraction of sp³-hybridized carbons (Fsp3) is 0.400. The van der Waals surface area contributed by atoms with Gasteiger partial charge in [0.25, 0.3) is 11.1 Å². The second-order valence-electron chi connectivity index (χ2n) is 9.42. The van der Waals surface area contributed by atoms with Crippen LogP contribution in [-0.2, 0) is 9.53 Å². The molecule has 36 heavy (non-hydrogen) atoms. The number of hydrogen-bond donors (Lipinski definition) is 1. The molecule has 190 valence electrons. The largest absolute Gasteiger partial charge is 0.474 e. The molecule has 0 radical (unpaired) electrons. The Kier molecular flexibility index (Phi) is 7.48. The molecule has 2 aliphatic rings. The van der Waals surface area contributed by atoms with E-state index in [1.165, 1.54) is 6.33 Å². The highest BCUT2D eigenvalue weighted by atomic mass is 32.2. The van der Waals surface area contributed by atoms with Crippen LogP contribution in [0.15, 0.2) is 35.5 Å². The minimum Gasteiger partial charge on any atom is -0.474 e. The van der Waals surface area contributed by atoms with Crippen molar-refractivity contribution in [3.05, 3.63) is 46.6 Å². The normalized spacial score (nSPS) is 17.8. The van der Waals surface area contributed by atoms with Gasteiger partial charge in [-0.05, 0) is 63.2 Å². The summed E-state index contributed by atoms with van der Waals surface area (Å²) in [7, 11) is 0. The van der Waals surface area contributed by atoms with Gasteiger partial charge in [-0.1, -0.05) is 12.1 Å². The number of nitrogens with one attached hydrogen (secondary N) is 1. The van der Waals surface area contributed by atoms with E-state index in [1.807, 2.05) is 27.7 Å². The van der Waals surface area contributed by atoms with E-state index in [-0.39, 0.29) is 17.4 Å². The SMILES string of the molecule is Cc1c(Oc2ccc(/C=C3/SC(=O)NC3=O)cc2)ncnc1OC1CCN(C(=O)OC(C)(C)C)CC1. The lowest BCUT2D eigenvalue weighted by molar-refractivity contribution is -0.115. The number of amides is 3. The number of nitrogens with zero attached hydrogens (tertiary/aromatic N) is 3. The molecule has 0 atom stereocenters. The standard InChI is InChI=1S/C25H28N4O6S/c1-15-21(33-17-7-5-16(6-8-17)13-19-20(30)28-23(31)36-19)26-14-27-22(15)34-18-9-11-29(12-10-18)24(32)35-25(2,3)4/h5-8,13-14,18H,9-12H2,1-4H3,(H,28,30,31)/b19-13+. The van der Waals surface area contributed by atoms with Crippen LogP contribution in [0.5, 0.6) is 17.5 Å². The van der Waals surface area contributed by atoms with Gasteiger partial charge in [-0.25, -0.2) is 14.8 Å². The van der Waals surface area contributed by atoms with Crippen molar-refractivity contribution < 1.29 is 28.6 Å². The van der Waals surface area contributed by atoms with E-state index in [4.69, 9.17) is 14.2 Å². The van der Waals surface area contributed by atoms with Gasteiger partial charge in [0.15, 0.2) is 0 Å². The first-order valence-electron chi connectivity index (χ1n) is 11.6. The van der Waals surface area contributed by atoms with Gasteiger partial charge in [0, 0.05) is 25.9 Å². The van der Waals surface area contributed by atoms with Crippen molar-refractivity contribution in [1.29, 1.82) is 0 Å². The van der Waals surface area contributed by atoms with Gasteiger partial charge in [0.1, 0.15) is 23.8 Å². The van der Waals surface area contributed by atoms with E-state index in [1.54, 1.807) is 35.2 Å². The number of benzene rings is 1. The second-order valence-corrected chi connectivity index (χ2v) is 10.4. The fourth-order valence-corrected chi connectivity index (χ4v) is 4.28. The summed E-state index contributed by atoms with van der Waals surface area (Å²) in [4.78, 5) is 45.8. The molecule has 0 saturated carbocycles. The number of likely N-dealkylation sites (tertiary alicyclic amines) is 1. The quantitative estimate of drug-likeness (QED) is 0.569. The smallest absolute Gasteiger partial charge is 0.410 e. The van der Waals surface area contributed by atoms with Crippen molar-refractivity contribution in [3.63, 3.8) is 0 Å². The summed E-state index contributed by atoms with van der Waals surface area (Å²) < 4.78 is 17.5. The van der Waals surface area contributed by atoms with Gasteiger partial charge in [-0.15, -0.1) is 0 Å². The van der Waals surface area contributed by atoms with Crippen LogP contribution in [0.1, 0.15) is 44.7 Å². The summed E-state index contributed by atoms with van der Waals surface area (Å²) in [6.07, 6.45) is 3.96. The number of rotatable bonds is 5. The van der Waals surface area contributed by atoms with Crippen LogP contribution in [-0.4, -0.2) is 56.9 Å². The van der Waals surface area contributed by atoms with E-state index >= 15 is 0 Å². The molecule has 2 aliphatic heterocycles. The minimum atomic E-state index is -0.525. The highest BCUT2D eigenvalue weighted by Crippen LogP contribution is 2.30. The molecule has 2 fully saturated rings. The van der Waals surface area contributed by atoms with Crippen LogP contribution in [0.2, 0.25) is 0 Å². The maximum absolute atomic E-state index is 12.3. The van der Waals surface area contributed by atoms with Crippen molar-refractivity contribution in [2.24, 2.45) is 0 Å². The molecule has 2 aromatic rings. The van der Waals surface area contributed by atoms with Crippen LogP contribution in [0.25, 0.3) is 6.08 Å². The number of thioether (sulfide) groups is 1.